The van der Waals surface area contributed by atoms with E-state index in [0.29, 0.717) is 21.3 Å². The summed E-state index contributed by atoms with van der Waals surface area (Å²) in [6.07, 6.45) is 2.30. The van der Waals surface area contributed by atoms with Gasteiger partial charge in [0.2, 0.25) is 0 Å². The number of hydrogen-bond acceptors (Lipinski definition) is 1. The van der Waals surface area contributed by atoms with Crippen molar-refractivity contribution in [2.45, 2.75) is 17.7 Å². The highest BCUT2D eigenvalue weighted by Gasteiger charge is 2.29. The summed E-state index contributed by atoms with van der Waals surface area (Å²) in [5.74, 6) is 0.650. The van der Waals surface area contributed by atoms with Crippen LogP contribution < -0.4 is 0 Å². The lowest BCUT2D eigenvalue weighted by Gasteiger charge is -2.34. The van der Waals surface area contributed by atoms with Crippen LogP contribution in [0.15, 0.2) is 22.7 Å². The lowest BCUT2D eigenvalue weighted by atomic mass is 9.85. The maximum Gasteiger partial charge on any atom is 0.253 e. The lowest BCUT2D eigenvalue weighted by Crippen LogP contribution is -2.37. The van der Waals surface area contributed by atoms with E-state index in [1.807, 2.05) is 7.05 Å². The van der Waals surface area contributed by atoms with Crippen LogP contribution in [-0.2, 0) is 0 Å². The molecule has 0 bridgehead atoms. The molecule has 1 saturated carbocycles. The predicted molar refractivity (Wildman–Crippen MR) is 81.6 cm³/mol. The molecule has 0 atom stereocenters. The third kappa shape index (κ3) is 3.28. The Labute approximate surface area is 129 Å². The van der Waals surface area contributed by atoms with Crippen molar-refractivity contribution in [3.63, 3.8) is 0 Å². The number of alkyl halides is 1. The largest absolute Gasteiger partial charge is 0.341 e. The number of rotatable bonds is 3. The molecule has 0 saturated heterocycles. The standard InChI is InChI=1S/C13H14Br2ClNO/c1-17(7-8-4-10(14)5-8)13(18)9-2-3-11(15)12(16)6-9/h2-3,6,8,10H,4-5,7H2,1H3. The van der Waals surface area contributed by atoms with Crippen LogP contribution in [0.4, 0.5) is 0 Å². The summed E-state index contributed by atoms with van der Waals surface area (Å²) in [7, 11) is 1.85. The molecule has 0 N–H and O–H groups in total. The molecule has 5 heteroatoms. The van der Waals surface area contributed by atoms with Crippen LogP contribution in [0.25, 0.3) is 0 Å². The van der Waals surface area contributed by atoms with Crippen molar-refractivity contribution < 1.29 is 4.79 Å². The first-order valence-electron chi connectivity index (χ1n) is 5.82. The minimum absolute atomic E-state index is 0.0300. The van der Waals surface area contributed by atoms with Crippen molar-refractivity contribution in [3.05, 3.63) is 33.3 Å². The van der Waals surface area contributed by atoms with Crippen molar-refractivity contribution in [2.75, 3.05) is 13.6 Å². The molecular weight excluding hydrogens is 381 g/mol. The van der Waals surface area contributed by atoms with E-state index in [1.165, 1.54) is 0 Å². The molecule has 18 heavy (non-hydrogen) atoms. The number of halogens is 3. The second-order valence-electron chi connectivity index (χ2n) is 4.75. The third-order valence-corrected chi connectivity index (χ3v) is 5.20. The maximum absolute atomic E-state index is 12.2. The average molecular weight is 396 g/mol. The first-order valence-corrected chi connectivity index (χ1v) is 7.90. The molecule has 0 unspecified atom stereocenters. The second-order valence-corrected chi connectivity index (χ2v) is 7.31. The number of carbonyl (C=O) groups excluding carboxylic acids is 1. The fraction of sp³-hybridized carbons (Fsp3) is 0.462. The molecule has 0 heterocycles. The fourth-order valence-corrected chi connectivity index (χ4v) is 3.61. The zero-order valence-electron chi connectivity index (χ0n) is 10.00. The van der Waals surface area contributed by atoms with Crippen LogP contribution in [0.2, 0.25) is 5.02 Å². The van der Waals surface area contributed by atoms with Crippen molar-refractivity contribution in [1.82, 2.24) is 4.90 Å². The van der Waals surface area contributed by atoms with Gasteiger partial charge in [-0.3, -0.25) is 4.79 Å². The molecule has 98 valence electrons. The Hall–Kier alpha value is -0.0600. The molecule has 1 amide bonds. The molecule has 0 radical (unpaired) electrons. The van der Waals surface area contributed by atoms with E-state index < -0.39 is 0 Å². The molecule has 1 aliphatic rings. The number of carbonyl (C=O) groups is 1. The van der Waals surface area contributed by atoms with Gasteiger partial charge in [-0.2, -0.15) is 0 Å². The normalized spacial score (nSPS) is 22.4. The quantitative estimate of drug-likeness (QED) is 0.697. The van der Waals surface area contributed by atoms with Crippen molar-refractivity contribution >= 4 is 49.4 Å². The van der Waals surface area contributed by atoms with Gasteiger partial charge >= 0.3 is 0 Å². The summed E-state index contributed by atoms with van der Waals surface area (Å²) in [6.45, 7) is 0.814. The van der Waals surface area contributed by atoms with Gasteiger partial charge in [0.05, 0.1) is 5.02 Å². The molecular formula is C13H14Br2ClNO. The predicted octanol–water partition coefficient (Wildman–Crippen LogP) is 4.35. The fourth-order valence-electron chi connectivity index (χ4n) is 2.12. The Morgan fingerprint density at radius 2 is 2.17 bits per heavy atom. The SMILES string of the molecule is CN(CC1CC(Br)C1)C(=O)c1ccc(Br)c(Cl)c1. The Bertz CT molecular complexity index is 460. The van der Waals surface area contributed by atoms with E-state index in [4.69, 9.17) is 11.6 Å². The molecule has 0 spiro atoms. The number of benzene rings is 1. The number of nitrogens with zero attached hydrogens (tertiary/aromatic N) is 1. The van der Waals surface area contributed by atoms with Gasteiger partial charge in [0, 0.05) is 28.5 Å². The number of hydrogen-bond donors (Lipinski definition) is 0. The van der Waals surface area contributed by atoms with Gasteiger partial charge in [0.1, 0.15) is 0 Å². The zero-order chi connectivity index (χ0) is 13.3. The first-order chi connectivity index (χ1) is 8.47. The van der Waals surface area contributed by atoms with Gasteiger partial charge in [0.15, 0.2) is 0 Å². The van der Waals surface area contributed by atoms with E-state index >= 15 is 0 Å². The van der Waals surface area contributed by atoms with Crippen LogP contribution in [0.5, 0.6) is 0 Å². The zero-order valence-corrected chi connectivity index (χ0v) is 13.9. The van der Waals surface area contributed by atoms with Gasteiger partial charge in [-0.05, 0) is 52.9 Å². The van der Waals surface area contributed by atoms with Crippen molar-refractivity contribution in [1.29, 1.82) is 0 Å². The van der Waals surface area contributed by atoms with E-state index in [9.17, 15) is 4.79 Å². The van der Waals surface area contributed by atoms with Crippen LogP contribution in [0.1, 0.15) is 23.2 Å². The molecule has 2 nitrogen and oxygen atoms in total. The molecule has 1 aromatic rings. The van der Waals surface area contributed by atoms with E-state index in [1.54, 1.807) is 23.1 Å². The Morgan fingerprint density at radius 1 is 1.50 bits per heavy atom. The Kier molecular flexibility index (Phi) is 4.73. The van der Waals surface area contributed by atoms with Gasteiger partial charge in [0.25, 0.3) is 5.91 Å². The first kappa shape index (κ1) is 14.4. The van der Waals surface area contributed by atoms with Crippen molar-refractivity contribution in [2.24, 2.45) is 5.92 Å². The highest BCUT2D eigenvalue weighted by atomic mass is 79.9. The van der Waals surface area contributed by atoms with Crippen LogP contribution in [0.3, 0.4) is 0 Å². The highest BCUT2D eigenvalue weighted by Crippen LogP contribution is 2.33. The highest BCUT2D eigenvalue weighted by molar-refractivity contribution is 9.10. The van der Waals surface area contributed by atoms with Crippen LogP contribution >= 0.6 is 43.5 Å². The summed E-state index contributed by atoms with van der Waals surface area (Å²) < 4.78 is 0.810. The molecule has 1 aliphatic carbocycles. The summed E-state index contributed by atoms with van der Waals surface area (Å²) in [5.41, 5.74) is 0.639. The molecule has 1 fully saturated rings. The van der Waals surface area contributed by atoms with E-state index in [0.717, 1.165) is 23.9 Å². The molecule has 2 rings (SSSR count). The van der Waals surface area contributed by atoms with E-state index in [-0.39, 0.29) is 5.91 Å². The Morgan fingerprint density at radius 3 is 2.72 bits per heavy atom. The third-order valence-electron chi connectivity index (χ3n) is 3.22. The van der Waals surface area contributed by atoms with Gasteiger partial charge in [-0.15, -0.1) is 0 Å². The van der Waals surface area contributed by atoms with Crippen LogP contribution in [0, 0.1) is 5.92 Å². The van der Waals surface area contributed by atoms with Crippen molar-refractivity contribution in [3.8, 4) is 0 Å². The molecule has 0 aliphatic heterocycles. The maximum atomic E-state index is 12.2. The number of amides is 1. The minimum atomic E-state index is 0.0300. The Balaban J connectivity index is 1.99. The summed E-state index contributed by atoms with van der Waals surface area (Å²) >= 11 is 12.9. The van der Waals surface area contributed by atoms with Crippen LogP contribution in [-0.4, -0.2) is 29.2 Å². The lowest BCUT2D eigenvalue weighted by molar-refractivity contribution is 0.0749. The second kappa shape index (κ2) is 5.93. The van der Waals surface area contributed by atoms with E-state index in [2.05, 4.69) is 31.9 Å². The summed E-state index contributed by atoms with van der Waals surface area (Å²) in [6, 6.07) is 5.31. The smallest absolute Gasteiger partial charge is 0.253 e. The summed E-state index contributed by atoms with van der Waals surface area (Å²) in [4.78, 5) is 14.6. The van der Waals surface area contributed by atoms with Gasteiger partial charge in [-0.25, -0.2) is 0 Å². The van der Waals surface area contributed by atoms with Gasteiger partial charge in [-0.1, -0.05) is 27.5 Å². The monoisotopic (exact) mass is 393 g/mol. The van der Waals surface area contributed by atoms with Gasteiger partial charge < -0.3 is 4.90 Å². The topological polar surface area (TPSA) is 20.3 Å². The summed E-state index contributed by atoms with van der Waals surface area (Å²) in [5, 5.41) is 0.568. The molecule has 0 aromatic heterocycles. The minimum Gasteiger partial charge on any atom is -0.341 e. The average Bonchev–Trinajstić information content (AvgIpc) is 2.29. The molecule has 1 aromatic carbocycles.